The Morgan fingerprint density at radius 1 is 1.45 bits per heavy atom. The van der Waals surface area contributed by atoms with Gasteiger partial charge in [-0.25, -0.2) is 4.98 Å². The van der Waals surface area contributed by atoms with E-state index in [2.05, 4.69) is 27.2 Å². The summed E-state index contributed by atoms with van der Waals surface area (Å²) in [5, 5.41) is 4.33. The molecule has 4 N–H and O–H groups in total. The van der Waals surface area contributed by atoms with E-state index in [4.69, 9.17) is 21.8 Å². The first-order valence-electron chi connectivity index (χ1n) is 7.22. The summed E-state index contributed by atoms with van der Waals surface area (Å²) in [5.41, 5.74) is 7.75. The monoisotopic (exact) mass is 319 g/mol. The largest absolute Gasteiger partial charge is 0.467 e. The molecule has 0 amide bonds. The Bertz CT molecular complexity index is 753. The van der Waals surface area contributed by atoms with E-state index in [9.17, 15) is 0 Å². The predicted octanol–water partition coefficient (Wildman–Crippen LogP) is 3.10. The number of nitrogens with zero attached hydrogens (tertiary/aromatic N) is 2. The Hall–Kier alpha value is -2.05. The van der Waals surface area contributed by atoms with Crippen molar-refractivity contribution in [3.63, 3.8) is 0 Å². The highest BCUT2D eigenvalue weighted by Crippen LogP contribution is 2.24. The minimum atomic E-state index is 0.121. The van der Waals surface area contributed by atoms with Gasteiger partial charge in [-0.1, -0.05) is 6.92 Å². The Kier molecular flexibility index (Phi) is 4.31. The minimum Gasteiger partial charge on any atom is -0.467 e. The first-order valence-corrected chi connectivity index (χ1v) is 7.60. The third-order valence-corrected chi connectivity index (χ3v) is 3.70. The normalized spacial score (nSPS) is 12.7. The highest BCUT2D eigenvalue weighted by molar-refractivity contribution is 6.28. The molecule has 3 aromatic rings. The molecule has 6 nitrogen and oxygen atoms in total. The zero-order valence-electron chi connectivity index (χ0n) is 12.3. The van der Waals surface area contributed by atoms with Crippen LogP contribution in [0.5, 0.6) is 0 Å². The lowest BCUT2D eigenvalue weighted by Crippen LogP contribution is -2.21. The van der Waals surface area contributed by atoms with Crippen LogP contribution in [0.25, 0.3) is 11.0 Å². The van der Waals surface area contributed by atoms with Crippen molar-refractivity contribution in [1.29, 1.82) is 0 Å². The van der Waals surface area contributed by atoms with Crippen molar-refractivity contribution in [2.45, 2.75) is 32.4 Å². The van der Waals surface area contributed by atoms with E-state index in [0.717, 1.165) is 29.7 Å². The average Bonchev–Trinajstić information content (AvgIpc) is 3.13. The van der Waals surface area contributed by atoms with Gasteiger partial charge < -0.3 is 20.5 Å². The summed E-state index contributed by atoms with van der Waals surface area (Å²) in [7, 11) is 0. The predicted molar refractivity (Wildman–Crippen MR) is 86.9 cm³/mol. The summed E-state index contributed by atoms with van der Waals surface area (Å²) in [5.74, 6) is 1.51. The molecule has 3 heterocycles. The maximum Gasteiger partial charge on any atom is 0.226 e. The van der Waals surface area contributed by atoms with E-state index in [0.29, 0.717) is 18.0 Å². The number of furan rings is 1. The number of aromatic nitrogens is 3. The summed E-state index contributed by atoms with van der Waals surface area (Å²) >= 11 is 6.00. The van der Waals surface area contributed by atoms with Gasteiger partial charge >= 0.3 is 0 Å². The number of aromatic amines is 1. The Labute approximate surface area is 133 Å². The van der Waals surface area contributed by atoms with Crippen LogP contribution >= 0.6 is 11.6 Å². The molecule has 22 heavy (non-hydrogen) atoms. The fourth-order valence-electron chi connectivity index (χ4n) is 2.29. The molecule has 0 radical (unpaired) electrons. The molecule has 0 aromatic carbocycles. The highest BCUT2D eigenvalue weighted by atomic mass is 35.5. The number of hydrogen-bond donors (Lipinski definition) is 3. The third kappa shape index (κ3) is 3.23. The maximum atomic E-state index is 6.01. The fraction of sp³-hybridized carbons (Fsp3) is 0.333. The molecule has 0 aliphatic heterocycles. The number of halogens is 1. The summed E-state index contributed by atoms with van der Waals surface area (Å²) in [6.07, 6.45) is 3.33. The average molecular weight is 320 g/mol. The Morgan fingerprint density at radius 3 is 3.05 bits per heavy atom. The van der Waals surface area contributed by atoms with Crippen LogP contribution in [0.4, 0.5) is 5.82 Å². The van der Waals surface area contributed by atoms with Crippen molar-refractivity contribution in [1.82, 2.24) is 15.0 Å². The summed E-state index contributed by atoms with van der Waals surface area (Å²) in [6.45, 7) is 2.60. The molecule has 1 unspecified atom stereocenters. The smallest absolute Gasteiger partial charge is 0.226 e. The molecule has 0 aliphatic carbocycles. The van der Waals surface area contributed by atoms with Gasteiger partial charge in [0, 0.05) is 18.2 Å². The van der Waals surface area contributed by atoms with Gasteiger partial charge in [0.05, 0.1) is 18.2 Å². The number of nitrogens with one attached hydrogen (secondary N) is 2. The van der Waals surface area contributed by atoms with Crippen LogP contribution in [-0.4, -0.2) is 21.0 Å². The molecule has 1 atom stereocenters. The van der Waals surface area contributed by atoms with E-state index in [1.165, 1.54) is 0 Å². The molecular formula is C15H18ClN5O. The van der Waals surface area contributed by atoms with Gasteiger partial charge in [0.2, 0.25) is 5.28 Å². The standard InChI is InChI=1S/C15H18ClN5O/c1-2-9(17)6-10-7-12-13(18-8-11-4-3-5-22-11)20-15(16)21-14(12)19-10/h3-5,7,9H,2,6,8,17H2,1H3,(H2,18,19,20,21). The lowest BCUT2D eigenvalue weighted by molar-refractivity contribution is 0.518. The number of nitrogens with two attached hydrogens (primary N) is 1. The van der Waals surface area contributed by atoms with E-state index < -0.39 is 0 Å². The molecule has 0 aliphatic rings. The first kappa shape index (κ1) is 14.9. The molecule has 0 bridgehead atoms. The SMILES string of the molecule is CCC(N)Cc1cc2c(NCc3ccco3)nc(Cl)nc2[nH]1. The van der Waals surface area contributed by atoms with Crippen LogP contribution in [0.15, 0.2) is 28.9 Å². The molecular weight excluding hydrogens is 302 g/mol. The zero-order chi connectivity index (χ0) is 15.5. The van der Waals surface area contributed by atoms with Crippen LogP contribution < -0.4 is 11.1 Å². The van der Waals surface area contributed by atoms with Gasteiger partial charge in [-0.15, -0.1) is 0 Å². The van der Waals surface area contributed by atoms with Gasteiger partial charge in [0.15, 0.2) is 0 Å². The van der Waals surface area contributed by atoms with Gasteiger partial charge in [-0.05, 0) is 36.2 Å². The molecule has 3 rings (SSSR count). The van der Waals surface area contributed by atoms with Crippen LogP contribution in [0.2, 0.25) is 5.28 Å². The molecule has 116 valence electrons. The number of hydrogen-bond acceptors (Lipinski definition) is 5. The molecule has 0 spiro atoms. The first-order chi connectivity index (χ1) is 10.7. The molecule has 7 heteroatoms. The van der Waals surface area contributed by atoms with Crippen molar-refractivity contribution in [3.8, 4) is 0 Å². The zero-order valence-corrected chi connectivity index (χ0v) is 13.0. The second-order valence-corrected chi connectivity index (χ2v) is 5.54. The number of fused-ring (bicyclic) bond motifs is 1. The number of rotatable bonds is 6. The van der Waals surface area contributed by atoms with Crippen molar-refractivity contribution in [2.75, 3.05) is 5.32 Å². The van der Waals surface area contributed by atoms with Crippen molar-refractivity contribution < 1.29 is 4.42 Å². The van der Waals surface area contributed by atoms with Crippen molar-refractivity contribution in [2.24, 2.45) is 5.73 Å². The summed E-state index contributed by atoms with van der Waals surface area (Å²) < 4.78 is 5.31. The minimum absolute atomic E-state index is 0.121. The van der Waals surface area contributed by atoms with E-state index >= 15 is 0 Å². The van der Waals surface area contributed by atoms with Crippen LogP contribution in [0.3, 0.4) is 0 Å². The van der Waals surface area contributed by atoms with Crippen LogP contribution in [0, 0.1) is 0 Å². The summed E-state index contributed by atoms with van der Waals surface area (Å²) in [4.78, 5) is 11.7. The van der Waals surface area contributed by atoms with Gasteiger partial charge in [-0.3, -0.25) is 0 Å². The fourth-order valence-corrected chi connectivity index (χ4v) is 2.46. The van der Waals surface area contributed by atoms with Crippen molar-refractivity contribution >= 4 is 28.5 Å². The van der Waals surface area contributed by atoms with Gasteiger partial charge in [0.25, 0.3) is 0 Å². The molecule has 0 saturated heterocycles. The second-order valence-electron chi connectivity index (χ2n) is 5.20. The highest BCUT2D eigenvalue weighted by Gasteiger charge is 2.12. The van der Waals surface area contributed by atoms with Crippen LogP contribution in [0.1, 0.15) is 24.8 Å². The van der Waals surface area contributed by atoms with Gasteiger partial charge in [0.1, 0.15) is 17.2 Å². The van der Waals surface area contributed by atoms with Gasteiger partial charge in [-0.2, -0.15) is 4.98 Å². The Morgan fingerprint density at radius 2 is 2.32 bits per heavy atom. The Balaban J connectivity index is 1.87. The lowest BCUT2D eigenvalue weighted by atomic mass is 10.1. The van der Waals surface area contributed by atoms with Crippen LogP contribution in [-0.2, 0) is 13.0 Å². The number of H-pyrrole nitrogens is 1. The van der Waals surface area contributed by atoms with E-state index in [-0.39, 0.29) is 11.3 Å². The van der Waals surface area contributed by atoms with E-state index in [1.54, 1.807) is 6.26 Å². The van der Waals surface area contributed by atoms with E-state index in [1.807, 2.05) is 18.2 Å². The quantitative estimate of drug-likeness (QED) is 0.607. The molecule has 3 aromatic heterocycles. The number of anilines is 1. The summed E-state index contributed by atoms with van der Waals surface area (Å²) in [6, 6.07) is 5.89. The third-order valence-electron chi connectivity index (χ3n) is 3.53. The lowest BCUT2D eigenvalue weighted by Gasteiger charge is -2.05. The second kappa shape index (κ2) is 6.37. The topological polar surface area (TPSA) is 92.8 Å². The maximum absolute atomic E-state index is 6.01. The molecule has 0 fully saturated rings. The van der Waals surface area contributed by atoms with Crippen molar-refractivity contribution in [3.05, 3.63) is 41.2 Å². The molecule has 0 saturated carbocycles.